The van der Waals surface area contributed by atoms with Gasteiger partial charge in [-0.3, -0.25) is 14.3 Å². The summed E-state index contributed by atoms with van der Waals surface area (Å²) >= 11 is 0. The predicted octanol–water partition coefficient (Wildman–Crippen LogP) is -5.79. The number of rotatable bonds is 6. The van der Waals surface area contributed by atoms with Crippen molar-refractivity contribution in [2.75, 3.05) is 13.2 Å². The number of amides is 2. The largest absolute Gasteiger partial charge is 0.394 e. The van der Waals surface area contributed by atoms with E-state index in [-0.39, 0.29) is 0 Å². The van der Waals surface area contributed by atoms with Crippen LogP contribution in [0.25, 0.3) is 0 Å². The highest BCUT2D eigenvalue weighted by atomic mass is 16.9. The van der Waals surface area contributed by atoms with E-state index < -0.39 is 86.0 Å². The Morgan fingerprint density at radius 1 is 0.900 bits per heavy atom. The molecule has 0 spiro atoms. The summed E-state index contributed by atoms with van der Waals surface area (Å²) in [6, 6.07) is -3.26. The molecule has 0 bridgehead atoms. The summed E-state index contributed by atoms with van der Waals surface area (Å²) in [6.45, 7) is 0.538. The van der Waals surface area contributed by atoms with Gasteiger partial charge in [0.05, 0.1) is 13.2 Å². The van der Waals surface area contributed by atoms with Crippen LogP contribution in [0.4, 0.5) is 0 Å². The highest BCUT2D eigenvalue weighted by Gasteiger charge is 2.58. The smallest absolute Gasteiger partial charge is 0.307 e. The lowest BCUT2D eigenvalue weighted by atomic mass is 9.94. The number of ether oxygens (including phenoxy) is 3. The molecule has 2 aliphatic rings. The van der Waals surface area contributed by atoms with Crippen molar-refractivity contribution in [3.05, 3.63) is 0 Å². The maximum Gasteiger partial charge on any atom is 0.307 e. The lowest BCUT2D eigenvalue weighted by molar-refractivity contribution is -0.465. The van der Waals surface area contributed by atoms with Gasteiger partial charge in [-0.2, -0.15) is 0 Å². The summed E-state index contributed by atoms with van der Waals surface area (Å²) in [4.78, 5) is 23.0. The molecule has 30 heavy (non-hydrogen) atoms. The molecular formula is C16H28N2O12. The SMILES string of the molecule is CC(=O)N[C@H]1[C@@H](OC2(O)O[C@H](CO)[C@H](O)[C@H](O)[C@H]2NC(C)=O)O[C@H](CO)[C@H](O)[C@@H]1O. The normalized spacial score (nSPS) is 44.4. The number of aliphatic hydroxyl groups is 7. The maximum absolute atomic E-state index is 11.5. The Balaban J connectivity index is 2.38. The Morgan fingerprint density at radius 2 is 1.43 bits per heavy atom. The van der Waals surface area contributed by atoms with Crippen molar-refractivity contribution < 1.29 is 59.5 Å². The topological polar surface area (TPSA) is 227 Å². The van der Waals surface area contributed by atoms with Gasteiger partial charge < -0.3 is 55.9 Å². The van der Waals surface area contributed by atoms with Crippen LogP contribution in [0.1, 0.15) is 13.8 Å². The molecule has 0 aromatic rings. The van der Waals surface area contributed by atoms with Gasteiger partial charge >= 0.3 is 5.97 Å². The van der Waals surface area contributed by atoms with Crippen molar-refractivity contribution in [1.29, 1.82) is 0 Å². The van der Waals surface area contributed by atoms with Crippen molar-refractivity contribution in [1.82, 2.24) is 10.6 Å². The summed E-state index contributed by atoms with van der Waals surface area (Å²) < 4.78 is 15.9. The van der Waals surface area contributed by atoms with E-state index >= 15 is 0 Å². The molecule has 9 N–H and O–H groups in total. The minimum absolute atomic E-state index is 0.662. The number of carbonyl (C=O) groups excluding carboxylic acids is 2. The fourth-order valence-corrected chi connectivity index (χ4v) is 3.37. The molecule has 2 aliphatic heterocycles. The molecule has 14 nitrogen and oxygen atoms in total. The second-order valence-electron chi connectivity index (χ2n) is 7.18. The van der Waals surface area contributed by atoms with E-state index in [9.17, 15) is 45.3 Å². The van der Waals surface area contributed by atoms with E-state index in [1.54, 1.807) is 0 Å². The van der Waals surface area contributed by atoms with Crippen LogP contribution in [0.5, 0.6) is 0 Å². The molecule has 2 amide bonds. The van der Waals surface area contributed by atoms with Gasteiger partial charge in [-0.25, -0.2) is 0 Å². The number of hydrogen-bond acceptors (Lipinski definition) is 12. The van der Waals surface area contributed by atoms with Crippen LogP contribution in [-0.4, -0.2) is 122 Å². The van der Waals surface area contributed by atoms with Gasteiger partial charge in [-0.05, 0) is 0 Å². The van der Waals surface area contributed by atoms with E-state index in [0.717, 1.165) is 13.8 Å². The minimum atomic E-state index is -2.92. The predicted molar refractivity (Wildman–Crippen MR) is 93.0 cm³/mol. The zero-order chi connectivity index (χ0) is 22.8. The van der Waals surface area contributed by atoms with Crippen LogP contribution < -0.4 is 10.6 Å². The molecule has 14 heteroatoms. The number of carbonyl (C=O) groups is 2. The molecule has 2 saturated heterocycles. The molecule has 2 heterocycles. The van der Waals surface area contributed by atoms with Gasteiger partial charge in [-0.1, -0.05) is 0 Å². The Kier molecular flexibility index (Phi) is 8.09. The Morgan fingerprint density at radius 3 is 1.93 bits per heavy atom. The summed E-state index contributed by atoms with van der Waals surface area (Å²) in [5.74, 6) is -4.32. The first-order chi connectivity index (χ1) is 13.9. The van der Waals surface area contributed by atoms with Crippen LogP contribution in [0.15, 0.2) is 0 Å². The molecule has 2 rings (SSSR count). The first-order valence-corrected chi connectivity index (χ1v) is 9.16. The molecular weight excluding hydrogens is 412 g/mol. The third-order valence-corrected chi connectivity index (χ3v) is 4.86. The van der Waals surface area contributed by atoms with E-state index in [4.69, 9.17) is 14.2 Å². The third-order valence-electron chi connectivity index (χ3n) is 4.86. The van der Waals surface area contributed by atoms with Crippen molar-refractivity contribution in [2.24, 2.45) is 0 Å². The second kappa shape index (κ2) is 9.78. The highest BCUT2D eigenvalue weighted by Crippen LogP contribution is 2.33. The van der Waals surface area contributed by atoms with Crippen molar-refractivity contribution in [2.45, 2.75) is 74.8 Å². The molecule has 0 radical (unpaired) electrons. The Labute approximate surface area is 171 Å². The summed E-state index contributed by atoms with van der Waals surface area (Å²) in [5.41, 5.74) is 0. The Hall–Kier alpha value is -1.46. The average molecular weight is 440 g/mol. The molecule has 1 unspecified atom stereocenters. The molecule has 0 aliphatic carbocycles. The van der Waals surface area contributed by atoms with Crippen LogP contribution in [-0.2, 0) is 23.8 Å². The van der Waals surface area contributed by atoms with Crippen LogP contribution in [0, 0.1) is 0 Å². The molecule has 0 aromatic carbocycles. The van der Waals surface area contributed by atoms with Gasteiger partial charge in [0, 0.05) is 13.8 Å². The van der Waals surface area contributed by atoms with Gasteiger partial charge in [0.25, 0.3) is 0 Å². The lowest BCUT2D eigenvalue weighted by Crippen LogP contribution is -2.73. The van der Waals surface area contributed by atoms with E-state index in [1.165, 1.54) is 0 Å². The molecule has 0 aromatic heterocycles. The molecule has 0 saturated carbocycles. The van der Waals surface area contributed by atoms with Crippen molar-refractivity contribution >= 4 is 11.8 Å². The summed E-state index contributed by atoms with van der Waals surface area (Å²) in [6.07, 6.45) is -11.6. The fourth-order valence-electron chi connectivity index (χ4n) is 3.37. The van der Waals surface area contributed by atoms with Crippen LogP contribution >= 0.6 is 0 Å². The average Bonchev–Trinajstić information content (AvgIpc) is 2.67. The van der Waals surface area contributed by atoms with Gasteiger partial charge in [0.15, 0.2) is 6.29 Å². The number of aliphatic hydroxyl groups excluding tert-OH is 6. The molecule has 10 atom stereocenters. The van der Waals surface area contributed by atoms with Gasteiger partial charge in [-0.15, -0.1) is 0 Å². The number of hydrogen-bond donors (Lipinski definition) is 9. The van der Waals surface area contributed by atoms with Gasteiger partial charge in [0.1, 0.15) is 48.7 Å². The van der Waals surface area contributed by atoms with Crippen molar-refractivity contribution in [3.63, 3.8) is 0 Å². The van der Waals surface area contributed by atoms with Crippen LogP contribution in [0.3, 0.4) is 0 Å². The fraction of sp³-hybridized carbons (Fsp3) is 0.875. The number of nitrogens with one attached hydrogen (secondary N) is 2. The quantitative estimate of drug-likeness (QED) is 0.176. The summed E-state index contributed by atoms with van der Waals surface area (Å²) in [5, 5.41) is 74.8. The zero-order valence-electron chi connectivity index (χ0n) is 16.3. The first kappa shape index (κ1) is 24.8. The molecule has 174 valence electrons. The second-order valence-corrected chi connectivity index (χ2v) is 7.18. The van der Waals surface area contributed by atoms with Crippen LogP contribution in [0.2, 0.25) is 0 Å². The monoisotopic (exact) mass is 440 g/mol. The molecule has 2 fully saturated rings. The zero-order valence-corrected chi connectivity index (χ0v) is 16.3. The first-order valence-electron chi connectivity index (χ1n) is 9.16. The highest BCUT2D eigenvalue weighted by molar-refractivity contribution is 5.73. The Bertz CT molecular complexity index is 623. The minimum Gasteiger partial charge on any atom is -0.394 e. The third kappa shape index (κ3) is 5.05. The van der Waals surface area contributed by atoms with E-state index in [1.807, 2.05) is 0 Å². The standard InChI is InChI=1S/C16H28N2O12/c1-5(21)17-9-12(25)10(23)7(3-19)28-15(9)30-16(27)14(18-6(2)22)13(26)11(24)8(4-20)29-16/h7-15,19-20,23-27H,3-4H2,1-2H3,(H,17,21)(H,18,22)/t7-,8-,9-,10+,11+,12-,13+,14-,15-,16?/m1/s1. The van der Waals surface area contributed by atoms with Gasteiger partial charge in [0.2, 0.25) is 11.8 Å². The lowest BCUT2D eigenvalue weighted by Gasteiger charge is -2.50. The summed E-state index contributed by atoms with van der Waals surface area (Å²) in [7, 11) is 0. The maximum atomic E-state index is 11.5. The van der Waals surface area contributed by atoms with E-state index in [0.29, 0.717) is 0 Å². The van der Waals surface area contributed by atoms with Crippen molar-refractivity contribution in [3.8, 4) is 0 Å². The van der Waals surface area contributed by atoms with E-state index in [2.05, 4.69) is 10.6 Å².